The molecule has 0 fully saturated rings. The third-order valence-electron chi connectivity index (χ3n) is 3.65. The molecule has 29 heavy (non-hydrogen) atoms. The number of hydrogen-bond donors (Lipinski definition) is 2. The van der Waals surface area contributed by atoms with Gasteiger partial charge in [0.25, 0.3) is 5.91 Å². The normalized spacial score (nSPS) is 10.4. The Kier molecular flexibility index (Phi) is 7.45. The molecule has 10 heteroatoms. The number of nitrogens with one attached hydrogen (secondary N) is 2. The van der Waals surface area contributed by atoms with Gasteiger partial charge in [0.05, 0.1) is 12.9 Å². The number of rotatable bonds is 8. The molecular formula is C19H17ClN4O3S2. The first-order chi connectivity index (χ1) is 14.0. The lowest BCUT2D eigenvalue weighted by Crippen LogP contribution is -2.24. The fourth-order valence-corrected chi connectivity index (χ4v) is 3.94. The van der Waals surface area contributed by atoms with E-state index < -0.39 is 0 Å². The molecule has 0 aliphatic heterocycles. The Hall–Kier alpha value is -2.62. The van der Waals surface area contributed by atoms with Crippen molar-refractivity contribution in [2.75, 3.05) is 18.2 Å². The van der Waals surface area contributed by atoms with E-state index in [2.05, 4.69) is 20.8 Å². The fourth-order valence-electron chi connectivity index (χ4n) is 2.24. The highest BCUT2D eigenvalue weighted by Crippen LogP contribution is 2.23. The Morgan fingerprint density at radius 3 is 2.72 bits per heavy atom. The first-order valence-electron chi connectivity index (χ1n) is 8.46. The second kappa shape index (κ2) is 10.2. The second-order valence-electron chi connectivity index (χ2n) is 5.75. The fraction of sp³-hybridized carbons (Fsp3) is 0.158. The van der Waals surface area contributed by atoms with Crippen LogP contribution in [0.15, 0.2) is 52.9 Å². The van der Waals surface area contributed by atoms with Crippen molar-refractivity contribution in [3.63, 3.8) is 0 Å². The topological polar surface area (TPSA) is 93.2 Å². The Balaban J connectivity index is 1.46. The number of hydrogen-bond acceptors (Lipinski definition) is 7. The van der Waals surface area contributed by atoms with Gasteiger partial charge in [0, 0.05) is 17.3 Å². The zero-order valence-electron chi connectivity index (χ0n) is 15.3. The molecule has 0 saturated carbocycles. The largest absolute Gasteiger partial charge is 0.497 e. The minimum Gasteiger partial charge on any atom is -0.497 e. The van der Waals surface area contributed by atoms with Crippen molar-refractivity contribution < 1.29 is 14.3 Å². The van der Waals surface area contributed by atoms with Gasteiger partial charge in [-0.2, -0.15) is 0 Å². The second-order valence-corrected chi connectivity index (χ2v) is 8.39. The van der Waals surface area contributed by atoms with E-state index in [9.17, 15) is 9.59 Å². The first kappa shape index (κ1) is 21.1. The third kappa shape index (κ3) is 6.45. The number of amides is 2. The number of halogens is 1. The number of methoxy groups -OCH3 is 1. The predicted molar refractivity (Wildman–Crippen MR) is 115 cm³/mol. The molecule has 2 amide bonds. The predicted octanol–water partition coefficient (Wildman–Crippen LogP) is 3.86. The van der Waals surface area contributed by atoms with E-state index in [1.165, 1.54) is 11.8 Å². The van der Waals surface area contributed by atoms with Crippen LogP contribution in [0, 0.1) is 0 Å². The molecule has 0 aliphatic rings. The maximum absolute atomic E-state index is 12.2. The van der Waals surface area contributed by atoms with Crippen LogP contribution in [0.2, 0.25) is 5.02 Å². The summed E-state index contributed by atoms with van der Waals surface area (Å²) in [4.78, 5) is 24.3. The van der Waals surface area contributed by atoms with Gasteiger partial charge in [0.15, 0.2) is 4.34 Å². The molecule has 150 valence electrons. The Morgan fingerprint density at radius 2 is 1.97 bits per heavy atom. The smallest absolute Gasteiger partial charge is 0.286 e. The van der Waals surface area contributed by atoms with Gasteiger partial charge in [0.2, 0.25) is 10.9 Å². The third-order valence-corrected chi connectivity index (χ3v) is 5.96. The van der Waals surface area contributed by atoms with Crippen molar-refractivity contribution in [2.24, 2.45) is 0 Å². The molecule has 2 N–H and O–H groups in total. The van der Waals surface area contributed by atoms with Crippen molar-refractivity contribution in [1.82, 2.24) is 15.5 Å². The number of carbonyl (C=O) groups is 2. The number of anilines is 1. The molecule has 7 nitrogen and oxygen atoms in total. The van der Waals surface area contributed by atoms with Crippen LogP contribution in [-0.2, 0) is 11.3 Å². The molecule has 2 aromatic carbocycles. The lowest BCUT2D eigenvalue weighted by Gasteiger charge is -2.06. The van der Waals surface area contributed by atoms with E-state index in [1.54, 1.807) is 31.4 Å². The maximum atomic E-state index is 12.2. The summed E-state index contributed by atoms with van der Waals surface area (Å²) in [5.74, 6) is 0.418. The van der Waals surface area contributed by atoms with Crippen molar-refractivity contribution in [3.05, 3.63) is 64.1 Å². The summed E-state index contributed by atoms with van der Waals surface area (Å²) in [5.41, 5.74) is 1.56. The van der Waals surface area contributed by atoms with E-state index >= 15 is 0 Å². The maximum Gasteiger partial charge on any atom is 0.286 e. The van der Waals surface area contributed by atoms with E-state index in [-0.39, 0.29) is 22.6 Å². The quantitative estimate of drug-likeness (QED) is 0.508. The van der Waals surface area contributed by atoms with Crippen molar-refractivity contribution in [1.29, 1.82) is 0 Å². The number of carbonyl (C=O) groups excluding carboxylic acids is 2. The minimum atomic E-state index is -0.362. The Labute approximate surface area is 180 Å². The SMILES string of the molecule is COc1cccc(CNC(=O)CSc2nnc(C(=O)Nc3ccc(Cl)cc3)s2)c1. The van der Waals surface area contributed by atoms with Crippen LogP contribution in [0.5, 0.6) is 5.75 Å². The zero-order valence-corrected chi connectivity index (χ0v) is 17.7. The number of thioether (sulfide) groups is 1. The summed E-state index contributed by atoms with van der Waals surface area (Å²) in [5, 5.41) is 14.2. The van der Waals surface area contributed by atoms with Crippen molar-refractivity contribution in [3.8, 4) is 5.75 Å². The van der Waals surface area contributed by atoms with E-state index in [4.69, 9.17) is 16.3 Å². The highest BCUT2D eigenvalue weighted by Gasteiger charge is 2.14. The summed E-state index contributed by atoms with van der Waals surface area (Å²) < 4.78 is 5.71. The van der Waals surface area contributed by atoms with Crippen LogP contribution in [-0.4, -0.2) is 34.9 Å². The molecule has 0 unspecified atom stereocenters. The van der Waals surface area contributed by atoms with Gasteiger partial charge in [-0.1, -0.05) is 46.8 Å². The molecular weight excluding hydrogens is 432 g/mol. The van der Waals surface area contributed by atoms with Gasteiger partial charge in [-0.3, -0.25) is 9.59 Å². The molecule has 0 atom stereocenters. The molecule has 0 aliphatic carbocycles. The summed E-state index contributed by atoms with van der Waals surface area (Å²) in [6.07, 6.45) is 0. The van der Waals surface area contributed by atoms with Gasteiger partial charge < -0.3 is 15.4 Å². The van der Waals surface area contributed by atoms with Crippen LogP contribution >= 0.6 is 34.7 Å². The van der Waals surface area contributed by atoms with E-state index in [0.717, 1.165) is 22.6 Å². The molecule has 0 bridgehead atoms. The molecule has 1 aromatic heterocycles. The lowest BCUT2D eigenvalue weighted by atomic mass is 10.2. The van der Waals surface area contributed by atoms with Gasteiger partial charge in [-0.05, 0) is 42.0 Å². The molecule has 3 aromatic rings. The Morgan fingerprint density at radius 1 is 1.17 bits per heavy atom. The molecule has 1 heterocycles. The standard InChI is InChI=1S/C19H17ClN4O3S2/c1-27-15-4-2-3-12(9-15)10-21-16(25)11-28-19-24-23-18(29-19)17(26)22-14-7-5-13(20)6-8-14/h2-9H,10-11H2,1H3,(H,21,25)(H,22,26). The number of aromatic nitrogens is 2. The average molecular weight is 449 g/mol. The van der Waals surface area contributed by atoms with Crippen LogP contribution in [0.3, 0.4) is 0 Å². The molecule has 3 rings (SSSR count). The molecule has 0 radical (unpaired) electrons. The zero-order chi connectivity index (χ0) is 20.6. The monoisotopic (exact) mass is 448 g/mol. The van der Waals surface area contributed by atoms with E-state index in [1.807, 2.05) is 24.3 Å². The molecule has 0 saturated heterocycles. The van der Waals surface area contributed by atoms with Gasteiger partial charge >= 0.3 is 0 Å². The van der Waals surface area contributed by atoms with E-state index in [0.29, 0.717) is 21.6 Å². The molecule has 0 spiro atoms. The number of nitrogens with zero attached hydrogens (tertiary/aromatic N) is 2. The van der Waals surface area contributed by atoms with Crippen LogP contribution < -0.4 is 15.4 Å². The minimum absolute atomic E-state index is 0.139. The number of benzene rings is 2. The first-order valence-corrected chi connectivity index (χ1v) is 10.6. The summed E-state index contributed by atoms with van der Waals surface area (Å²) in [6.45, 7) is 0.404. The Bertz CT molecular complexity index is 995. The summed E-state index contributed by atoms with van der Waals surface area (Å²) >= 11 is 8.19. The van der Waals surface area contributed by atoms with Gasteiger partial charge in [-0.25, -0.2) is 0 Å². The lowest BCUT2D eigenvalue weighted by molar-refractivity contribution is -0.118. The average Bonchev–Trinajstić information content (AvgIpc) is 3.22. The van der Waals surface area contributed by atoms with Gasteiger partial charge in [0.1, 0.15) is 5.75 Å². The van der Waals surface area contributed by atoms with Crippen LogP contribution in [0.1, 0.15) is 15.4 Å². The number of ether oxygens (including phenoxy) is 1. The highest BCUT2D eigenvalue weighted by molar-refractivity contribution is 8.01. The summed E-state index contributed by atoms with van der Waals surface area (Å²) in [7, 11) is 1.60. The highest BCUT2D eigenvalue weighted by atomic mass is 35.5. The summed E-state index contributed by atoms with van der Waals surface area (Å²) in [6, 6.07) is 14.2. The van der Waals surface area contributed by atoms with Crippen LogP contribution in [0.4, 0.5) is 5.69 Å². The van der Waals surface area contributed by atoms with Crippen molar-refractivity contribution in [2.45, 2.75) is 10.9 Å². The van der Waals surface area contributed by atoms with Crippen molar-refractivity contribution >= 4 is 52.2 Å². The van der Waals surface area contributed by atoms with Crippen LogP contribution in [0.25, 0.3) is 0 Å². The van der Waals surface area contributed by atoms with Gasteiger partial charge in [-0.15, -0.1) is 10.2 Å².